The van der Waals surface area contributed by atoms with Gasteiger partial charge in [-0.2, -0.15) is 0 Å². The van der Waals surface area contributed by atoms with Crippen LogP contribution in [0, 0.1) is 3.57 Å². The summed E-state index contributed by atoms with van der Waals surface area (Å²) in [4.78, 5) is 4.43. The molecule has 1 heterocycles. The van der Waals surface area contributed by atoms with Crippen molar-refractivity contribution in [2.24, 2.45) is 0 Å². The summed E-state index contributed by atoms with van der Waals surface area (Å²) in [5, 5.41) is 0.653. The van der Waals surface area contributed by atoms with Crippen LogP contribution >= 0.6 is 34.2 Å². The molecule has 0 spiro atoms. The first-order valence-electron chi connectivity index (χ1n) is 5.25. The number of aromatic nitrogens is 1. The standard InChI is InChI=1S/C13H8ClIN2O/c14-7-4-5-9(15)8(6-7)13-17-12-10(16)2-1-3-11(12)18-13/h1-6H,16H2. The minimum atomic E-state index is 0.537. The average Bonchev–Trinajstić information content (AvgIpc) is 2.77. The summed E-state index contributed by atoms with van der Waals surface area (Å²) in [7, 11) is 0. The van der Waals surface area contributed by atoms with Crippen LogP contribution in [0.4, 0.5) is 5.69 Å². The van der Waals surface area contributed by atoms with Gasteiger partial charge in [-0.25, -0.2) is 4.98 Å². The fraction of sp³-hybridized carbons (Fsp3) is 0. The van der Waals surface area contributed by atoms with Crippen LogP contribution in [0.1, 0.15) is 0 Å². The highest BCUT2D eigenvalue weighted by Gasteiger charge is 2.13. The van der Waals surface area contributed by atoms with E-state index in [0.717, 1.165) is 9.13 Å². The van der Waals surface area contributed by atoms with Crippen LogP contribution in [0.3, 0.4) is 0 Å². The number of rotatable bonds is 1. The van der Waals surface area contributed by atoms with Crippen molar-refractivity contribution < 1.29 is 4.42 Å². The highest BCUT2D eigenvalue weighted by Crippen LogP contribution is 2.31. The van der Waals surface area contributed by atoms with Gasteiger partial charge in [0.15, 0.2) is 5.58 Å². The van der Waals surface area contributed by atoms with E-state index in [1.54, 1.807) is 6.07 Å². The first kappa shape index (κ1) is 11.8. The van der Waals surface area contributed by atoms with Crippen molar-refractivity contribution >= 4 is 51.0 Å². The zero-order valence-corrected chi connectivity index (χ0v) is 12.1. The second-order valence-corrected chi connectivity index (χ2v) is 5.44. The molecule has 0 aliphatic rings. The molecule has 1 aromatic heterocycles. The fourth-order valence-electron chi connectivity index (χ4n) is 1.75. The number of nitrogens with zero attached hydrogens (tertiary/aromatic N) is 1. The van der Waals surface area contributed by atoms with Crippen LogP contribution in [0.2, 0.25) is 5.02 Å². The third kappa shape index (κ3) is 1.95. The summed E-state index contributed by atoms with van der Waals surface area (Å²) in [5.74, 6) is 0.537. The van der Waals surface area contributed by atoms with Crippen molar-refractivity contribution in [1.82, 2.24) is 4.98 Å². The molecule has 0 radical (unpaired) electrons. The molecule has 0 fully saturated rings. The lowest BCUT2D eigenvalue weighted by atomic mass is 10.2. The van der Waals surface area contributed by atoms with Crippen LogP contribution in [0.5, 0.6) is 0 Å². The van der Waals surface area contributed by atoms with Gasteiger partial charge in [0.2, 0.25) is 5.89 Å². The molecule has 2 N–H and O–H groups in total. The van der Waals surface area contributed by atoms with E-state index in [2.05, 4.69) is 27.6 Å². The average molecular weight is 371 g/mol. The number of halogens is 2. The van der Waals surface area contributed by atoms with Crippen molar-refractivity contribution in [2.45, 2.75) is 0 Å². The van der Waals surface area contributed by atoms with Crippen molar-refractivity contribution in [3.05, 3.63) is 45.0 Å². The van der Waals surface area contributed by atoms with Crippen LogP contribution in [-0.4, -0.2) is 4.98 Å². The first-order chi connectivity index (χ1) is 8.65. The molecule has 18 heavy (non-hydrogen) atoms. The number of oxazole rings is 1. The second-order valence-electron chi connectivity index (χ2n) is 3.84. The Morgan fingerprint density at radius 3 is 2.83 bits per heavy atom. The lowest BCUT2D eigenvalue weighted by Crippen LogP contribution is -1.86. The molecular formula is C13H8ClIN2O. The third-order valence-corrected chi connectivity index (χ3v) is 3.78. The maximum atomic E-state index is 6.00. The van der Waals surface area contributed by atoms with Gasteiger partial charge in [0, 0.05) is 8.59 Å². The molecule has 0 saturated carbocycles. The van der Waals surface area contributed by atoms with E-state index in [1.807, 2.05) is 30.3 Å². The van der Waals surface area contributed by atoms with Crippen LogP contribution in [0.25, 0.3) is 22.6 Å². The van der Waals surface area contributed by atoms with E-state index in [4.69, 9.17) is 21.8 Å². The van der Waals surface area contributed by atoms with Gasteiger partial charge >= 0.3 is 0 Å². The third-order valence-electron chi connectivity index (χ3n) is 2.61. The molecule has 0 aliphatic carbocycles. The molecule has 0 saturated heterocycles. The lowest BCUT2D eigenvalue weighted by Gasteiger charge is -1.99. The van der Waals surface area contributed by atoms with Gasteiger partial charge in [-0.1, -0.05) is 17.7 Å². The summed E-state index contributed by atoms with van der Waals surface area (Å²) in [5.41, 5.74) is 8.71. The van der Waals surface area contributed by atoms with E-state index in [0.29, 0.717) is 27.7 Å². The fourth-order valence-corrected chi connectivity index (χ4v) is 2.48. The maximum Gasteiger partial charge on any atom is 0.228 e. The SMILES string of the molecule is Nc1cccc2oc(-c3cc(Cl)ccc3I)nc12. The summed E-state index contributed by atoms with van der Waals surface area (Å²) >= 11 is 8.22. The van der Waals surface area contributed by atoms with E-state index in [-0.39, 0.29) is 0 Å². The Balaban J connectivity index is 2.26. The predicted molar refractivity (Wildman–Crippen MR) is 81.6 cm³/mol. The molecule has 3 aromatic rings. The molecule has 5 heteroatoms. The molecular weight excluding hydrogens is 363 g/mol. The Morgan fingerprint density at radius 2 is 2.06 bits per heavy atom. The molecule has 0 aliphatic heterocycles. The number of para-hydroxylation sites is 1. The molecule has 0 bridgehead atoms. The Bertz CT molecular complexity index is 739. The monoisotopic (exact) mass is 370 g/mol. The van der Waals surface area contributed by atoms with Crippen molar-refractivity contribution in [3.63, 3.8) is 0 Å². The zero-order chi connectivity index (χ0) is 12.7. The minimum Gasteiger partial charge on any atom is -0.436 e. The Hall–Kier alpha value is -1.27. The zero-order valence-electron chi connectivity index (χ0n) is 9.15. The van der Waals surface area contributed by atoms with Crippen molar-refractivity contribution in [1.29, 1.82) is 0 Å². The van der Waals surface area contributed by atoms with E-state index < -0.39 is 0 Å². The number of nitrogen functional groups attached to an aromatic ring is 1. The lowest BCUT2D eigenvalue weighted by molar-refractivity contribution is 0.619. The molecule has 3 nitrogen and oxygen atoms in total. The van der Waals surface area contributed by atoms with E-state index in [1.165, 1.54) is 0 Å². The largest absolute Gasteiger partial charge is 0.436 e. The van der Waals surface area contributed by atoms with Crippen molar-refractivity contribution in [3.8, 4) is 11.5 Å². The normalized spacial score (nSPS) is 11.0. The van der Waals surface area contributed by atoms with Gasteiger partial charge in [0.05, 0.1) is 11.3 Å². The van der Waals surface area contributed by atoms with Crippen LogP contribution < -0.4 is 5.73 Å². The topological polar surface area (TPSA) is 52.0 Å². The minimum absolute atomic E-state index is 0.537. The van der Waals surface area contributed by atoms with E-state index in [9.17, 15) is 0 Å². The van der Waals surface area contributed by atoms with Gasteiger partial charge in [0.25, 0.3) is 0 Å². The molecule has 2 aromatic carbocycles. The Labute approximate surface area is 122 Å². The maximum absolute atomic E-state index is 6.00. The highest BCUT2D eigenvalue weighted by molar-refractivity contribution is 14.1. The summed E-state index contributed by atoms with van der Waals surface area (Å²) in [6.07, 6.45) is 0. The van der Waals surface area contributed by atoms with Crippen LogP contribution in [-0.2, 0) is 0 Å². The summed E-state index contributed by atoms with van der Waals surface area (Å²) in [6.45, 7) is 0. The molecule has 3 rings (SSSR count). The van der Waals surface area contributed by atoms with Gasteiger partial charge in [-0.15, -0.1) is 0 Å². The van der Waals surface area contributed by atoms with Gasteiger partial charge in [-0.3, -0.25) is 0 Å². The highest BCUT2D eigenvalue weighted by atomic mass is 127. The molecule has 0 amide bonds. The van der Waals surface area contributed by atoms with Gasteiger partial charge < -0.3 is 10.2 Å². The predicted octanol–water partition coefficient (Wildman–Crippen LogP) is 4.34. The van der Waals surface area contributed by atoms with Crippen molar-refractivity contribution in [2.75, 3.05) is 5.73 Å². The number of benzene rings is 2. The Morgan fingerprint density at radius 1 is 1.22 bits per heavy atom. The van der Waals surface area contributed by atoms with E-state index >= 15 is 0 Å². The second kappa shape index (κ2) is 4.44. The quantitative estimate of drug-likeness (QED) is 0.512. The summed E-state index contributed by atoms with van der Waals surface area (Å²) < 4.78 is 6.75. The smallest absolute Gasteiger partial charge is 0.228 e. The number of nitrogens with two attached hydrogens (primary N) is 1. The molecule has 0 unspecified atom stereocenters. The van der Waals surface area contributed by atoms with Gasteiger partial charge in [-0.05, 0) is 52.9 Å². The van der Waals surface area contributed by atoms with Gasteiger partial charge in [0.1, 0.15) is 5.52 Å². The first-order valence-corrected chi connectivity index (χ1v) is 6.71. The Kier molecular flexibility index (Phi) is 2.91. The number of hydrogen-bond donors (Lipinski definition) is 1. The number of fused-ring (bicyclic) bond motifs is 1. The van der Waals surface area contributed by atoms with Crippen LogP contribution in [0.15, 0.2) is 40.8 Å². The summed E-state index contributed by atoms with van der Waals surface area (Å²) in [6, 6.07) is 11.1. The number of anilines is 1. The number of hydrogen-bond acceptors (Lipinski definition) is 3. The molecule has 0 atom stereocenters. The molecule has 90 valence electrons.